The molecule has 2 amide bonds. The van der Waals surface area contributed by atoms with Crippen LogP contribution in [0.4, 0.5) is 10.5 Å². The van der Waals surface area contributed by atoms with Crippen LogP contribution < -0.4 is 10.1 Å². The Morgan fingerprint density at radius 1 is 0.830 bits per heavy atom. The highest BCUT2D eigenvalue weighted by Crippen LogP contribution is 2.30. The first-order valence-electron chi connectivity index (χ1n) is 16.3. The van der Waals surface area contributed by atoms with Gasteiger partial charge in [-0.2, -0.15) is 0 Å². The Balaban J connectivity index is 1.54. The average Bonchev–Trinajstić information content (AvgIpc) is 3.00. The maximum Gasteiger partial charge on any atom is 0.410 e. The summed E-state index contributed by atoms with van der Waals surface area (Å²) in [6, 6.07) is 20.9. The van der Waals surface area contributed by atoms with Crippen LogP contribution in [0.5, 0.6) is 5.75 Å². The second-order valence-corrected chi connectivity index (χ2v) is 13.9. The van der Waals surface area contributed by atoms with Crippen molar-refractivity contribution in [3.8, 4) is 16.9 Å². The van der Waals surface area contributed by atoms with Crippen LogP contribution in [0.3, 0.4) is 0 Å². The summed E-state index contributed by atoms with van der Waals surface area (Å²) in [5, 5.41) is 3.00. The number of anilines is 1. The van der Waals surface area contributed by atoms with E-state index in [1.165, 1.54) is 0 Å². The minimum Gasteiger partial charge on any atom is -0.493 e. The number of likely N-dealkylation sites (tertiary alicyclic amines) is 1. The van der Waals surface area contributed by atoms with Gasteiger partial charge < -0.3 is 24.4 Å². The summed E-state index contributed by atoms with van der Waals surface area (Å²) in [5.74, 6) is -0.445. The summed E-state index contributed by atoms with van der Waals surface area (Å²) in [4.78, 5) is 43.8. The standard InChI is InChI=1S/C38H49N3O6/c1-9-45-33-18-15-26(25-41-21-19-29(20-22-41)40(8)36(44)47-38(5,6)7)23-31(33)34(42)39-32-24-28(27-13-11-10-12-14-27)16-17-30(32)35(43)46-37(2,3)4/h10-18,23-24,29H,9,19-22,25H2,1-8H3,(H,39,42). The van der Waals surface area contributed by atoms with E-state index >= 15 is 0 Å². The zero-order chi connectivity index (χ0) is 34.4. The van der Waals surface area contributed by atoms with Crippen molar-refractivity contribution in [2.45, 2.75) is 85.1 Å². The number of hydrogen-bond donors (Lipinski definition) is 1. The predicted molar refractivity (Wildman–Crippen MR) is 185 cm³/mol. The molecule has 1 aliphatic rings. The lowest BCUT2D eigenvalue weighted by molar-refractivity contribution is 0.00692. The quantitative estimate of drug-likeness (QED) is 0.238. The summed E-state index contributed by atoms with van der Waals surface area (Å²) in [7, 11) is 1.80. The van der Waals surface area contributed by atoms with Crippen molar-refractivity contribution >= 4 is 23.7 Å². The fourth-order valence-corrected chi connectivity index (χ4v) is 5.50. The monoisotopic (exact) mass is 643 g/mol. The van der Waals surface area contributed by atoms with Crippen LogP contribution in [0.25, 0.3) is 11.1 Å². The Hall–Kier alpha value is -4.37. The highest BCUT2D eigenvalue weighted by molar-refractivity contribution is 6.10. The fourth-order valence-electron chi connectivity index (χ4n) is 5.50. The van der Waals surface area contributed by atoms with Gasteiger partial charge in [0.05, 0.1) is 23.4 Å². The summed E-state index contributed by atoms with van der Waals surface area (Å²) in [6.45, 7) is 15.5. The maximum atomic E-state index is 13.9. The van der Waals surface area contributed by atoms with Gasteiger partial charge in [-0.3, -0.25) is 9.69 Å². The van der Waals surface area contributed by atoms with Crippen LogP contribution >= 0.6 is 0 Å². The summed E-state index contributed by atoms with van der Waals surface area (Å²) in [5.41, 5.74) is 2.53. The van der Waals surface area contributed by atoms with Gasteiger partial charge in [-0.15, -0.1) is 0 Å². The number of nitrogens with one attached hydrogen (secondary N) is 1. The number of benzene rings is 3. The van der Waals surface area contributed by atoms with Gasteiger partial charge in [0, 0.05) is 32.7 Å². The molecule has 0 spiro atoms. The molecule has 47 heavy (non-hydrogen) atoms. The first-order valence-corrected chi connectivity index (χ1v) is 16.3. The highest BCUT2D eigenvalue weighted by atomic mass is 16.6. The topological polar surface area (TPSA) is 97.4 Å². The molecule has 0 bridgehead atoms. The Kier molecular flexibility index (Phi) is 11.3. The molecule has 1 N–H and O–H groups in total. The molecule has 0 unspecified atom stereocenters. The zero-order valence-electron chi connectivity index (χ0n) is 29.0. The third-order valence-electron chi connectivity index (χ3n) is 7.77. The van der Waals surface area contributed by atoms with Crippen molar-refractivity contribution in [2.75, 3.05) is 32.1 Å². The number of esters is 1. The van der Waals surface area contributed by atoms with Gasteiger partial charge >= 0.3 is 12.1 Å². The Labute approximate surface area is 279 Å². The maximum absolute atomic E-state index is 13.9. The number of amides is 2. The zero-order valence-corrected chi connectivity index (χ0v) is 29.0. The number of rotatable bonds is 9. The number of carbonyl (C=O) groups is 3. The number of nitrogens with zero attached hydrogens (tertiary/aromatic N) is 2. The first-order chi connectivity index (χ1) is 22.1. The normalized spacial score (nSPS) is 14.3. The molecule has 1 aliphatic heterocycles. The van der Waals surface area contributed by atoms with Crippen LogP contribution in [0.15, 0.2) is 66.7 Å². The molecule has 1 fully saturated rings. The SMILES string of the molecule is CCOc1ccc(CN2CCC(N(C)C(=O)OC(C)(C)C)CC2)cc1C(=O)Nc1cc(-c2ccccc2)ccc1C(=O)OC(C)(C)C. The van der Waals surface area contributed by atoms with Gasteiger partial charge in [-0.25, -0.2) is 9.59 Å². The van der Waals surface area contributed by atoms with Crippen molar-refractivity contribution in [3.05, 3.63) is 83.4 Å². The molecular formula is C38H49N3O6. The van der Waals surface area contributed by atoms with Crippen LogP contribution in [-0.2, 0) is 16.0 Å². The molecule has 3 aromatic carbocycles. The van der Waals surface area contributed by atoms with Gasteiger partial charge in [-0.05, 0) is 102 Å². The third-order valence-corrected chi connectivity index (χ3v) is 7.77. The minimum atomic E-state index is -0.702. The molecule has 0 aromatic heterocycles. The smallest absolute Gasteiger partial charge is 0.410 e. The molecular weight excluding hydrogens is 594 g/mol. The average molecular weight is 644 g/mol. The van der Waals surface area contributed by atoms with Gasteiger partial charge in [0.1, 0.15) is 17.0 Å². The molecule has 9 nitrogen and oxygen atoms in total. The van der Waals surface area contributed by atoms with Crippen molar-refractivity contribution in [2.24, 2.45) is 0 Å². The fraction of sp³-hybridized carbons (Fsp3) is 0.447. The molecule has 0 saturated carbocycles. The van der Waals surface area contributed by atoms with E-state index in [9.17, 15) is 14.4 Å². The van der Waals surface area contributed by atoms with E-state index < -0.39 is 17.2 Å². The predicted octanol–water partition coefficient (Wildman–Crippen LogP) is 7.79. The van der Waals surface area contributed by atoms with E-state index in [1.807, 2.05) is 103 Å². The molecule has 3 aromatic rings. The third kappa shape index (κ3) is 10.1. The van der Waals surface area contributed by atoms with E-state index in [0.717, 1.165) is 42.6 Å². The molecule has 4 rings (SSSR count). The van der Waals surface area contributed by atoms with E-state index in [1.54, 1.807) is 24.1 Å². The second kappa shape index (κ2) is 15.0. The van der Waals surface area contributed by atoms with E-state index in [-0.39, 0.29) is 23.6 Å². The molecule has 1 saturated heterocycles. The Morgan fingerprint density at radius 2 is 1.49 bits per heavy atom. The Bertz CT molecular complexity index is 1550. The van der Waals surface area contributed by atoms with Crippen LogP contribution in [0, 0.1) is 0 Å². The number of piperidine rings is 1. The lowest BCUT2D eigenvalue weighted by Crippen LogP contribution is -2.46. The van der Waals surface area contributed by atoms with Crippen LogP contribution in [-0.4, -0.2) is 71.8 Å². The summed E-state index contributed by atoms with van der Waals surface area (Å²) < 4.78 is 17.1. The second-order valence-electron chi connectivity index (χ2n) is 13.9. The summed E-state index contributed by atoms with van der Waals surface area (Å²) in [6.07, 6.45) is 1.35. The summed E-state index contributed by atoms with van der Waals surface area (Å²) >= 11 is 0. The van der Waals surface area contributed by atoms with Gasteiger partial charge in [-0.1, -0.05) is 42.5 Å². The molecule has 0 aliphatic carbocycles. The first kappa shape index (κ1) is 35.5. The van der Waals surface area contributed by atoms with Crippen molar-refractivity contribution in [3.63, 3.8) is 0 Å². The number of hydrogen-bond acceptors (Lipinski definition) is 7. The van der Waals surface area contributed by atoms with Gasteiger partial charge in [0.25, 0.3) is 5.91 Å². The van der Waals surface area contributed by atoms with Crippen LogP contribution in [0.2, 0.25) is 0 Å². The molecule has 0 atom stereocenters. The van der Waals surface area contributed by atoms with E-state index in [2.05, 4.69) is 10.2 Å². The number of carbonyl (C=O) groups excluding carboxylic acids is 3. The van der Waals surface area contributed by atoms with Crippen molar-refractivity contribution in [1.82, 2.24) is 9.80 Å². The van der Waals surface area contributed by atoms with Crippen LogP contribution in [0.1, 0.15) is 87.6 Å². The van der Waals surface area contributed by atoms with Crippen molar-refractivity contribution in [1.29, 1.82) is 0 Å². The van der Waals surface area contributed by atoms with E-state index in [4.69, 9.17) is 14.2 Å². The van der Waals surface area contributed by atoms with Gasteiger partial charge in [0.2, 0.25) is 0 Å². The molecule has 9 heteroatoms. The molecule has 0 radical (unpaired) electrons. The number of ether oxygens (including phenoxy) is 3. The molecule has 1 heterocycles. The Morgan fingerprint density at radius 3 is 2.11 bits per heavy atom. The largest absolute Gasteiger partial charge is 0.493 e. The van der Waals surface area contributed by atoms with E-state index in [0.29, 0.717) is 30.2 Å². The molecule has 252 valence electrons. The lowest BCUT2D eigenvalue weighted by Gasteiger charge is -2.37. The highest BCUT2D eigenvalue weighted by Gasteiger charge is 2.29. The van der Waals surface area contributed by atoms with Crippen molar-refractivity contribution < 1.29 is 28.6 Å². The lowest BCUT2D eigenvalue weighted by atomic mass is 10.0. The minimum absolute atomic E-state index is 0.105. The van der Waals surface area contributed by atoms with Gasteiger partial charge in [0.15, 0.2) is 0 Å².